The minimum atomic E-state index is -0.318. The van der Waals surface area contributed by atoms with Gasteiger partial charge in [-0.2, -0.15) is 0 Å². The van der Waals surface area contributed by atoms with Crippen LogP contribution in [0.1, 0.15) is 20.3 Å². The summed E-state index contributed by atoms with van der Waals surface area (Å²) in [6.45, 7) is 3.43. The van der Waals surface area contributed by atoms with Crippen molar-refractivity contribution in [3.8, 4) is 0 Å². The van der Waals surface area contributed by atoms with Crippen molar-refractivity contribution in [3.63, 3.8) is 0 Å². The third-order valence-corrected chi connectivity index (χ3v) is 1.91. The van der Waals surface area contributed by atoms with E-state index in [4.69, 9.17) is 9.47 Å². The van der Waals surface area contributed by atoms with E-state index in [1.807, 2.05) is 0 Å². The van der Waals surface area contributed by atoms with E-state index in [-0.39, 0.29) is 30.6 Å². The second-order valence-corrected chi connectivity index (χ2v) is 2.96. The van der Waals surface area contributed by atoms with E-state index in [0.717, 1.165) is 0 Å². The van der Waals surface area contributed by atoms with Crippen molar-refractivity contribution >= 4 is 11.9 Å². The Morgan fingerprint density at radius 2 is 2.42 bits per heavy atom. The van der Waals surface area contributed by atoms with Gasteiger partial charge in [0.25, 0.3) is 0 Å². The molecule has 0 unspecified atom stereocenters. The molecule has 1 fully saturated rings. The van der Waals surface area contributed by atoms with E-state index < -0.39 is 0 Å². The zero-order valence-electron chi connectivity index (χ0n) is 7.20. The first-order valence-corrected chi connectivity index (χ1v) is 3.92. The molecule has 1 rings (SSSR count). The van der Waals surface area contributed by atoms with Crippen molar-refractivity contribution in [2.24, 2.45) is 5.92 Å². The number of ether oxygens (including phenoxy) is 2. The molecule has 0 radical (unpaired) electrons. The van der Waals surface area contributed by atoms with Crippen LogP contribution in [0, 0.1) is 5.92 Å². The van der Waals surface area contributed by atoms with Crippen LogP contribution in [0.5, 0.6) is 0 Å². The second kappa shape index (κ2) is 3.56. The Hall–Kier alpha value is -1.06. The zero-order chi connectivity index (χ0) is 9.14. The maximum atomic E-state index is 10.7. The summed E-state index contributed by atoms with van der Waals surface area (Å²) >= 11 is 0. The normalized spacial score (nSPS) is 28.3. The average Bonchev–Trinajstić information content (AvgIpc) is 2.26. The van der Waals surface area contributed by atoms with E-state index in [2.05, 4.69) is 0 Å². The fraction of sp³-hybridized carbons (Fsp3) is 0.750. The van der Waals surface area contributed by atoms with Crippen LogP contribution < -0.4 is 0 Å². The first-order chi connectivity index (χ1) is 5.59. The van der Waals surface area contributed by atoms with Gasteiger partial charge in [0.2, 0.25) is 0 Å². The van der Waals surface area contributed by atoms with Crippen LogP contribution in [0.25, 0.3) is 0 Å². The maximum absolute atomic E-state index is 10.7. The fourth-order valence-electron chi connectivity index (χ4n) is 1.15. The molecule has 68 valence electrons. The monoisotopic (exact) mass is 172 g/mol. The van der Waals surface area contributed by atoms with Crippen molar-refractivity contribution in [2.75, 3.05) is 6.61 Å². The summed E-state index contributed by atoms with van der Waals surface area (Å²) in [7, 11) is 0. The lowest BCUT2D eigenvalue weighted by atomic mass is 10.0. The van der Waals surface area contributed by atoms with Crippen LogP contribution in [0.15, 0.2) is 0 Å². The van der Waals surface area contributed by atoms with E-state index in [9.17, 15) is 9.59 Å². The second-order valence-electron chi connectivity index (χ2n) is 2.96. The molecule has 1 heterocycles. The van der Waals surface area contributed by atoms with Crippen molar-refractivity contribution < 1.29 is 19.1 Å². The molecule has 0 aromatic rings. The van der Waals surface area contributed by atoms with Gasteiger partial charge in [0.15, 0.2) is 0 Å². The number of carbonyl (C=O) groups is 2. The van der Waals surface area contributed by atoms with E-state index in [0.29, 0.717) is 6.42 Å². The van der Waals surface area contributed by atoms with Crippen LogP contribution in [-0.2, 0) is 19.1 Å². The molecule has 1 saturated heterocycles. The van der Waals surface area contributed by atoms with Crippen molar-refractivity contribution in [2.45, 2.75) is 26.4 Å². The van der Waals surface area contributed by atoms with Gasteiger partial charge in [-0.1, -0.05) is 0 Å². The molecule has 0 amide bonds. The highest BCUT2D eigenvalue weighted by Crippen LogP contribution is 2.21. The average molecular weight is 172 g/mol. The van der Waals surface area contributed by atoms with E-state index in [1.54, 1.807) is 6.92 Å². The Labute approximate surface area is 70.8 Å². The molecule has 0 spiro atoms. The Bertz CT molecular complexity index is 199. The van der Waals surface area contributed by atoms with Crippen molar-refractivity contribution in [1.29, 1.82) is 0 Å². The molecule has 12 heavy (non-hydrogen) atoms. The third kappa shape index (κ3) is 2.22. The highest BCUT2D eigenvalue weighted by Gasteiger charge is 2.31. The summed E-state index contributed by atoms with van der Waals surface area (Å²) in [6, 6.07) is 0. The molecule has 0 saturated carbocycles. The predicted octanol–water partition coefficient (Wildman–Crippen LogP) is 0.501. The van der Waals surface area contributed by atoms with Gasteiger partial charge in [0.1, 0.15) is 6.10 Å². The first kappa shape index (κ1) is 9.03. The molecular weight excluding hydrogens is 160 g/mol. The van der Waals surface area contributed by atoms with Crippen LogP contribution >= 0.6 is 0 Å². The third-order valence-electron chi connectivity index (χ3n) is 1.91. The molecule has 1 aliphatic heterocycles. The minimum Gasteiger partial charge on any atom is -0.465 e. The topological polar surface area (TPSA) is 52.6 Å². The SMILES string of the molecule is CC(=O)OC[C@H]1CC(=O)O[C@H]1C. The minimum absolute atomic E-state index is 0.0291. The summed E-state index contributed by atoms with van der Waals surface area (Å²) < 4.78 is 9.65. The number of hydrogen-bond donors (Lipinski definition) is 0. The summed E-state index contributed by atoms with van der Waals surface area (Å²) in [4.78, 5) is 21.2. The van der Waals surface area contributed by atoms with Gasteiger partial charge >= 0.3 is 11.9 Å². The Morgan fingerprint density at radius 3 is 2.83 bits per heavy atom. The Kier molecular flexibility index (Phi) is 2.68. The Morgan fingerprint density at radius 1 is 1.75 bits per heavy atom. The van der Waals surface area contributed by atoms with Crippen LogP contribution in [-0.4, -0.2) is 24.6 Å². The Balaban J connectivity index is 2.33. The number of carbonyl (C=O) groups excluding carboxylic acids is 2. The highest BCUT2D eigenvalue weighted by atomic mass is 16.6. The predicted molar refractivity (Wildman–Crippen MR) is 40.3 cm³/mol. The molecule has 0 bridgehead atoms. The molecule has 0 aliphatic carbocycles. The first-order valence-electron chi connectivity index (χ1n) is 3.92. The molecule has 2 atom stereocenters. The standard InChI is InChI=1S/C8H12O4/c1-5-7(3-8(10)12-5)4-11-6(2)9/h5,7H,3-4H2,1-2H3/t5-,7+/m0/s1. The number of esters is 2. The molecule has 0 aromatic carbocycles. The van der Waals surface area contributed by atoms with E-state index in [1.165, 1.54) is 6.92 Å². The smallest absolute Gasteiger partial charge is 0.306 e. The van der Waals surface area contributed by atoms with Gasteiger partial charge in [-0.3, -0.25) is 9.59 Å². The van der Waals surface area contributed by atoms with Crippen LogP contribution in [0.4, 0.5) is 0 Å². The maximum Gasteiger partial charge on any atom is 0.306 e. The molecular formula is C8H12O4. The summed E-state index contributed by atoms with van der Waals surface area (Å²) in [5.41, 5.74) is 0. The van der Waals surface area contributed by atoms with E-state index >= 15 is 0 Å². The largest absolute Gasteiger partial charge is 0.465 e. The quantitative estimate of drug-likeness (QED) is 0.569. The molecule has 4 heteroatoms. The fourth-order valence-corrected chi connectivity index (χ4v) is 1.15. The number of cyclic esters (lactones) is 1. The lowest BCUT2D eigenvalue weighted by Gasteiger charge is -2.11. The molecule has 0 aromatic heterocycles. The zero-order valence-corrected chi connectivity index (χ0v) is 7.20. The van der Waals surface area contributed by atoms with Crippen molar-refractivity contribution in [1.82, 2.24) is 0 Å². The van der Waals surface area contributed by atoms with Gasteiger partial charge < -0.3 is 9.47 Å². The lowest BCUT2D eigenvalue weighted by molar-refractivity contribution is -0.142. The molecule has 1 aliphatic rings. The van der Waals surface area contributed by atoms with Gasteiger partial charge in [-0.15, -0.1) is 0 Å². The lowest BCUT2D eigenvalue weighted by Crippen LogP contribution is -2.18. The van der Waals surface area contributed by atoms with Gasteiger partial charge in [-0.25, -0.2) is 0 Å². The van der Waals surface area contributed by atoms with Gasteiger partial charge in [0.05, 0.1) is 13.0 Å². The van der Waals surface area contributed by atoms with Crippen LogP contribution in [0.3, 0.4) is 0 Å². The van der Waals surface area contributed by atoms with Crippen LogP contribution in [0.2, 0.25) is 0 Å². The molecule has 4 nitrogen and oxygen atoms in total. The summed E-state index contributed by atoms with van der Waals surface area (Å²) in [5.74, 6) is -0.498. The summed E-state index contributed by atoms with van der Waals surface area (Å²) in [6.07, 6.45) is 0.228. The van der Waals surface area contributed by atoms with Gasteiger partial charge in [-0.05, 0) is 6.92 Å². The van der Waals surface area contributed by atoms with Crippen molar-refractivity contribution in [3.05, 3.63) is 0 Å². The molecule has 0 N–H and O–H groups in total. The highest BCUT2D eigenvalue weighted by molar-refractivity contribution is 5.72. The number of rotatable bonds is 2. The van der Waals surface area contributed by atoms with Gasteiger partial charge in [0, 0.05) is 12.8 Å². The summed E-state index contributed by atoms with van der Waals surface area (Å²) in [5, 5.41) is 0. The number of hydrogen-bond acceptors (Lipinski definition) is 4.